The van der Waals surface area contributed by atoms with Crippen molar-refractivity contribution in [2.24, 2.45) is 5.92 Å². The van der Waals surface area contributed by atoms with E-state index in [1.807, 2.05) is 13.8 Å². The molecule has 10 heteroatoms. The van der Waals surface area contributed by atoms with E-state index >= 15 is 0 Å². The summed E-state index contributed by atoms with van der Waals surface area (Å²) < 4.78 is 66.0. The Hall–Kier alpha value is -2.03. The van der Waals surface area contributed by atoms with Gasteiger partial charge in [0.1, 0.15) is 0 Å². The van der Waals surface area contributed by atoms with Crippen molar-refractivity contribution in [2.75, 3.05) is 0 Å². The Kier molecular flexibility index (Phi) is 15.0. The summed E-state index contributed by atoms with van der Waals surface area (Å²) in [6, 6.07) is 10.3. The molecule has 0 bridgehead atoms. The molecule has 1 unspecified atom stereocenters. The van der Waals surface area contributed by atoms with Crippen LogP contribution >= 0.6 is 0 Å². The molecule has 0 saturated heterocycles. The van der Waals surface area contributed by atoms with Crippen LogP contribution in [0.4, 0.5) is 4.79 Å². The number of aryl methyl sites for hydroxylation is 2. The number of sulfonamides is 2. The number of benzene rings is 2. The number of carbonyl (C=O) groups excluding carboxylic acids is 1. The molecule has 0 radical (unpaired) electrons. The molecule has 254 valence electrons. The van der Waals surface area contributed by atoms with Crippen LogP contribution in [0, 0.1) is 29.6 Å². The average molecular weight is 778 g/mol. The van der Waals surface area contributed by atoms with Crippen molar-refractivity contribution in [3.63, 3.8) is 0 Å². The zero-order chi connectivity index (χ0) is 33.8. The van der Waals surface area contributed by atoms with E-state index in [1.165, 1.54) is 24.3 Å². The van der Waals surface area contributed by atoms with Gasteiger partial charge in [-0.25, -0.2) is 0 Å². The van der Waals surface area contributed by atoms with Crippen LogP contribution in [0.2, 0.25) is 13.3 Å². The summed E-state index contributed by atoms with van der Waals surface area (Å²) in [5.74, 6) is 3.31. The van der Waals surface area contributed by atoms with Crippen LogP contribution < -0.4 is 4.72 Å². The maximum atomic E-state index is 14.5. The van der Waals surface area contributed by atoms with E-state index in [-0.39, 0.29) is 15.7 Å². The fraction of sp³-hybridized carbons (Fsp3) is 0.583. The second kappa shape index (κ2) is 17.9. The second-order valence-electron chi connectivity index (χ2n) is 13.0. The van der Waals surface area contributed by atoms with Gasteiger partial charge in [0.2, 0.25) is 0 Å². The third-order valence-electron chi connectivity index (χ3n) is 9.19. The van der Waals surface area contributed by atoms with E-state index in [4.69, 9.17) is 0 Å². The molecule has 1 saturated carbocycles. The maximum absolute atomic E-state index is 14.5. The quantitative estimate of drug-likeness (QED) is 0.144. The predicted molar refractivity (Wildman–Crippen MR) is 190 cm³/mol. The van der Waals surface area contributed by atoms with Crippen molar-refractivity contribution in [2.45, 2.75) is 134 Å². The average Bonchev–Trinajstić information content (AvgIpc) is 3.03. The molecule has 2 aromatic rings. The Morgan fingerprint density at radius 2 is 1.24 bits per heavy atom. The Bertz CT molecular complexity index is 1520. The van der Waals surface area contributed by atoms with Crippen LogP contribution in [0.5, 0.6) is 0 Å². The van der Waals surface area contributed by atoms with E-state index in [2.05, 4.69) is 35.4 Å². The van der Waals surface area contributed by atoms with Crippen molar-refractivity contribution >= 4 is 44.5 Å². The minimum atomic E-state index is -4.47. The number of unbranched alkanes of at least 4 members (excludes halogenated alkanes) is 3. The first kappa shape index (κ1) is 38.4. The SMILES string of the molecule is CCC[CH2][Sn]([C]#CC(C1CCCCC1)N(C(=O)NS(=O)(=O)c1ccc(C)cc1)S(=O)(=O)c1ccc(C)cc1)([CH2]CCC)[CH2]CCC. The summed E-state index contributed by atoms with van der Waals surface area (Å²) in [6.45, 7) is 10.3. The molecule has 0 aromatic heterocycles. The number of carbonyl (C=O) groups is 1. The van der Waals surface area contributed by atoms with Gasteiger partial charge in [-0.3, -0.25) is 0 Å². The van der Waals surface area contributed by atoms with E-state index in [9.17, 15) is 21.6 Å². The molecule has 1 atom stereocenters. The number of nitrogens with zero attached hydrogens (tertiary/aromatic N) is 1. The van der Waals surface area contributed by atoms with Gasteiger partial charge < -0.3 is 0 Å². The third kappa shape index (κ3) is 10.5. The molecule has 1 aliphatic carbocycles. The monoisotopic (exact) mass is 778 g/mol. The van der Waals surface area contributed by atoms with E-state index in [0.717, 1.165) is 99.4 Å². The second-order valence-corrected chi connectivity index (χ2v) is 28.8. The van der Waals surface area contributed by atoms with Gasteiger partial charge >= 0.3 is 285 Å². The van der Waals surface area contributed by atoms with Crippen LogP contribution in [-0.2, 0) is 20.0 Å². The summed E-state index contributed by atoms with van der Waals surface area (Å²) >= 11 is -3.10. The van der Waals surface area contributed by atoms with Gasteiger partial charge in [0.15, 0.2) is 0 Å². The van der Waals surface area contributed by atoms with Crippen LogP contribution in [0.1, 0.15) is 103 Å². The van der Waals surface area contributed by atoms with Crippen molar-refractivity contribution in [3.05, 3.63) is 59.7 Å². The van der Waals surface area contributed by atoms with E-state index < -0.39 is 50.5 Å². The first-order chi connectivity index (χ1) is 21.9. The van der Waals surface area contributed by atoms with Crippen LogP contribution in [-0.4, -0.2) is 51.6 Å². The number of nitrogens with one attached hydrogen (secondary N) is 1. The molecule has 1 fully saturated rings. The molecule has 46 heavy (non-hydrogen) atoms. The van der Waals surface area contributed by atoms with Gasteiger partial charge in [0.25, 0.3) is 0 Å². The molecule has 2 amide bonds. The fourth-order valence-electron chi connectivity index (χ4n) is 6.30. The molecule has 3 rings (SSSR count). The fourth-order valence-corrected chi connectivity index (χ4v) is 22.1. The number of hydrogen-bond donors (Lipinski definition) is 1. The standard InChI is InChI=1S/C24H27N2O5S2.3C4H9.Sn/c1-4-23(20-8-6-5-7-9-20)26(33(30,31)22-16-12-19(3)13-17-22)24(27)25-32(28,29)21-14-10-18(2)11-15-21;3*1-3-4-2;/h10-17,20,23H,5-9H2,2-3H3,(H,25,27);3*1,3-4H2,2H3;. The Morgan fingerprint density at radius 1 is 0.783 bits per heavy atom. The Labute approximate surface area is 283 Å². The van der Waals surface area contributed by atoms with Crippen LogP contribution in [0.3, 0.4) is 0 Å². The van der Waals surface area contributed by atoms with Gasteiger partial charge in [-0.1, -0.05) is 0 Å². The van der Waals surface area contributed by atoms with Gasteiger partial charge in [-0.2, -0.15) is 0 Å². The molecule has 1 aliphatic rings. The van der Waals surface area contributed by atoms with Crippen molar-refractivity contribution in [1.29, 1.82) is 0 Å². The van der Waals surface area contributed by atoms with Crippen molar-refractivity contribution in [1.82, 2.24) is 9.03 Å². The zero-order valence-electron chi connectivity index (χ0n) is 28.5. The number of hydrogen-bond acceptors (Lipinski definition) is 5. The molecule has 0 heterocycles. The van der Waals surface area contributed by atoms with Crippen molar-refractivity contribution < 1.29 is 21.6 Å². The molecule has 2 aromatic carbocycles. The van der Waals surface area contributed by atoms with Gasteiger partial charge in [0, 0.05) is 0 Å². The molecule has 7 nitrogen and oxygen atoms in total. The minimum absolute atomic E-state index is 0.0543. The Morgan fingerprint density at radius 3 is 1.70 bits per heavy atom. The number of rotatable bonds is 15. The molecular formula is C36H54N2O5S2Sn. The van der Waals surface area contributed by atoms with Gasteiger partial charge in [-0.05, 0) is 0 Å². The Balaban J connectivity index is 2.22. The van der Waals surface area contributed by atoms with Crippen LogP contribution in [0.25, 0.3) is 0 Å². The zero-order valence-corrected chi connectivity index (χ0v) is 33.0. The third-order valence-corrected chi connectivity index (χ3v) is 25.5. The molecular weight excluding hydrogens is 723 g/mol. The van der Waals surface area contributed by atoms with E-state index in [0.29, 0.717) is 0 Å². The molecule has 0 aliphatic heterocycles. The first-order valence-corrected chi connectivity index (χ1v) is 27.6. The summed E-state index contributed by atoms with van der Waals surface area (Å²) in [6.07, 6.45) is 10.9. The summed E-state index contributed by atoms with van der Waals surface area (Å²) in [7, 11) is -8.82. The number of urea groups is 1. The molecule has 0 spiro atoms. The molecule has 1 N–H and O–H groups in total. The first-order valence-electron chi connectivity index (χ1n) is 17.2. The predicted octanol–water partition coefficient (Wildman–Crippen LogP) is 8.73. The summed E-state index contributed by atoms with van der Waals surface area (Å²) in [4.78, 5) is 14.1. The van der Waals surface area contributed by atoms with Gasteiger partial charge in [0.05, 0.1) is 0 Å². The van der Waals surface area contributed by atoms with E-state index in [1.54, 1.807) is 24.3 Å². The van der Waals surface area contributed by atoms with Crippen molar-refractivity contribution in [3.8, 4) is 9.86 Å². The normalized spacial score (nSPS) is 15.1. The summed E-state index contributed by atoms with van der Waals surface area (Å²) in [5, 5.41) is 0. The summed E-state index contributed by atoms with van der Waals surface area (Å²) in [5.41, 5.74) is 1.74. The number of amides is 2. The topological polar surface area (TPSA) is 101 Å². The van der Waals surface area contributed by atoms with Gasteiger partial charge in [-0.15, -0.1) is 0 Å². The van der Waals surface area contributed by atoms with Crippen LogP contribution in [0.15, 0.2) is 58.3 Å².